The summed E-state index contributed by atoms with van der Waals surface area (Å²) in [5.74, 6) is -0.189. The van der Waals surface area contributed by atoms with E-state index in [4.69, 9.17) is 4.74 Å². The van der Waals surface area contributed by atoms with E-state index >= 15 is 0 Å². The topological polar surface area (TPSA) is 79.0 Å². The number of nitrogens with zero attached hydrogens (tertiary/aromatic N) is 2. The maximum absolute atomic E-state index is 13.1. The van der Waals surface area contributed by atoms with Crippen molar-refractivity contribution in [2.75, 3.05) is 40.8 Å². The molecular formula is C25H35N3O4S. The van der Waals surface area contributed by atoms with Crippen LogP contribution in [-0.4, -0.2) is 70.6 Å². The summed E-state index contributed by atoms with van der Waals surface area (Å²) in [4.78, 5) is 14.6. The fraction of sp³-hybridized carbons (Fsp3) is 0.480. The second kappa shape index (κ2) is 11.7. The predicted molar refractivity (Wildman–Crippen MR) is 129 cm³/mol. The largest absolute Gasteiger partial charge is 0.469 e. The predicted octanol–water partition coefficient (Wildman–Crippen LogP) is 2.91. The second-order valence-electron chi connectivity index (χ2n) is 8.58. The van der Waals surface area contributed by atoms with Gasteiger partial charge in [0.25, 0.3) is 0 Å². The zero-order valence-electron chi connectivity index (χ0n) is 19.7. The molecule has 7 nitrogen and oxygen atoms in total. The number of rotatable bonds is 10. The Morgan fingerprint density at radius 1 is 1.15 bits per heavy atom. The van der Waals surface area contributed by atoms with Crippen molar-refractivity contribution in [3.63, 3.8) is 0 Å². The fourth-order valence-corrected chi connectivity index (χ4v) is 5.79. The summed E-state index contributed by atoms with van der Waals surface area (Å²) in [6.45, 7) is 1.99. The summed E-state index contributed by atoms with van der Waals surface area (Å²) in [6, 6.07) is 18.6. The number of sulfonamides is 1. The normalized spacial score (nSPS) is 20.5. The van der Waals surface area contributed by atoms with Gasteiger partial charge in [0.05, 0.1) is 24.1 Å². The highest BCUT2D eigenvalue weighted by atomic mass is 32.2. The number of piperidine rings is 1. The van der Waals surface area contributed by atoms with E-state index in [9.17, 15) is 13.2 Å². The van der Waals surface area contributed by atoms with Gasteiger partial charge >= 0.3 is 5.97 Å². The Bertz CT molecular complexity index is 985. The Balaban J connectivity index is 1.71. The lowest BCUT2D eigenvalue weighted by Crippen LogP contribution is -2.51. The Morgan fingerprint density at radius 2 is 1.79 bits per heavy atom. The molecule has 1 heterocycles. The number of carbonyl (C=O) groups is 1. The summed E-state index contributed by atoms with van der Waals surface area (Å²) in [7, 11) is 1.43. The van der Waals surface area contributed by atoms with Crippen LogP contribution < -0.4 is 5.32 Å². The van der Waals surface area contributed by atoms with Gasteiger partial charge in [-0.15, -0.1) is 0 Å². The van der Waals surface area contributed by atoms with Gasteiger partial charge in [-0.05, 0) is 49.9 Å². The van der Waals surface area contributed by atoms with E-state index in [0.29, 0.717) is 17.9 Å². The van der Waals surface area contributed by atoms with E-state index in [2.05, 4.69) is 22.3 Å². The van der Waals surface area contributed by atoms with Crippen LogP contribution in [0.1, 0.15) is 30.7 Å². The molecular weight excluding hydrogens is 438 g/mol. The molecule has 8 heteroatoms. The van der Waals surface area contributed by atoms with E-state index in [-0.39, 0.29) is 24.0 Å². The SMILES string of the molecule is CN[C@@H]1CC(C(=O)OC)CCN1CC[C@@H](CN(C)S(=O)(=O)c1ccccc1)c1ccccc1. The van der Waals surface area contributed by atoms with Crippen molar-refractivity contribution in [1.82, 2.24) is 14.5 Å². The number of hydrogen-bond donors (Lipinski definition) is 1. The van der Waals surface area contributed by atoms with E-state index in [1.54, 1.807) is 31.3 Å². The lowest BCUT2D eigenvalue weighted by atomic mass is 9.92. The van der Waals surface area contributed by atoms with Gasteiger partial charge in [-0.2, -0.15) is 0 Å². The number of likely N-dealkylation sites (N-methyl/N-ethyl adjacent to an activating group) is 1. The summed E-state index contributed by atoms with van der Waals surface area (Å²) >= 11 is 0. The summed E-state index contributed by atoms with van der Waals surface area (Å²) in [5.41, 5.74) is 1.12. The van der Waals surface area contributed by atoms with E-state index in [0.717, 1.165) is 31.5 Å². The van der Waals surface area contributed by atoms with Crippen LogP contribution in [0, 0.1) is 5.92 Å². The lowest BCUT2D eigenvalue weighted by molar-refractivity contribution is -0.148. The zero-order valence-corrected chi connectivity index (χ0v) is 20.5. The standard InChI is InChI=1S/C25H35N3O4S/c1-26-24-18-21(25(29)32-3)14-16-28(24)17-15-22(20-10-6-4-7-11-20)19-27(2)33(30,31)23-12-8-5-9-13-23/h4-13,21-22,24,26H,14-19H2,1-3H3/t21?,22-,24-/m0/s1. The fourth-order valence-electron chi connectivity index (χ4n) is 4.55. The molecule has 0 aliphatic carbocycles. The Kier molecular flexibility index (Phi) is 9.02. The number of hydrogen-bond acceptors (Lipinski definition) is 6. The molecule has 0 bridgehead atoms. The molecule has 1 N–H and O–H groups in total. The minimum absolute atomic E-state index is 0.0468. The van der Waals surface area contributed by atoms with Gasteiger partial charge in [0.1, 0.15) is 0 Å². The molecule has 0 spiro atoms. The second-order valence-corrected chi connectivity index (χ2v) is 10.6. The van der Waals surface area contributed by atoms with Crippen LogP contribution >= 0.6 is 0 Å². The molecule has 3 atom stereocenters. The highest BCUT2D eigenvalue weighted by Gasteiger charge is 2.32. The molecule has 0 aromatic heterocycles. The maximum Gasteiger partial charge on any atom is 0.308 e. The number of carbonyl (C=O) groups excluding carboxylic acids is 1. The molecule has 1 aliphatic rings. The van der Waals surface area contributed by atoms with Crippen molar-refractivity contribution in [2.24, 2.45) is 5.92 Å². The molecule has 0 radical (unpaired) electrons. The van der Waals surface area contributed by atoms with Crippen LogP contribution in [0.25, 0.3) is 0 Å². The Hall–Kier alpha value is -2.26. The number of likely N-dealkylation sites (tertiary alicyclic amines) is 1. The molecule has 1 saturated heterocycles. The van der Waals surface area contributed by atoms with Gasteiger partial charge < -0.3 is 10.1 Å². The molecule has 33 heavy (non-hydrogen) atoms. The number of nitrogens with one attached hydrogen (secondary N) is 1. The van der Waals surface area contributed by atoms with E-state index in [1.165, 1.54) is 11.4 Å². The molecule has 1 fully saturated rings. The smallest absolute Gasteiger partial charge is 0.308 e. The molecule has 2 aromatic carbocycles. The van der Waals surface area contributed by atoms with Crippen LogP contribution in [0.15, 0.2) is 65.6 Å². The van der Waals surface area contributed by atoms with Gasteiger partial charge in [-0.1, -0.05) is 48.5 Å². The number of methoxy groups -OCH3 is 1. The van der Waals surface area contributed by atoms with E-state index < -0.39 is 10.0 Å². The first-order valence-electron chi connectivity index (χ1n) is 11.4. The maximum atomic E-state index is 13.1. The molecule has 0 saturated carbocycles. The first kappa shape index (κ1) is 25.4. The van der Waals surface area contributed by atoms with Gasteiger partial charge in [-0.3, -0.25) is 9.69 Å². The first-order valence-corrected chi connectivity index (χ1v) is 12.9. The van der Waals surface area contributed by atoms with Crippen LogP contribution in [0.5, 0.6) is 0 Å². The summed E-state index contributed by atoms with van der Waals surface area (Å²) in [6.07, 6.45) is 2.37. The van der Waals surface area contributed by atoms with Crippen LogP contribution in [0.2, 0.25) is 0 Å². The minimum Gasteiger partial charge on any atom is -0.469 e. The molecule has 1 aliphatic heterocycles. The van der Waals surface area contributed by atoms with Crippen molar-refractivity contribution in [2.45, 2.75) is 36.2 Å². The van der Waals surface area contributed by atoms with Crippen molar-refractivity contribution < 1.29 is 17.9 Å². The highest BCUT2D eigenvalue weighted by Crippen LogP contribution is 2.27. The Morgan fingerprint density at radius 3 is 2.39 bits per heavy atom. The third-order valence-corrected chi connectivity index (χ3v) is 8.38. The Labute approximate surface area is 197 Å². The molecule has 0 amide bonds. The molecule has 3 rings (SSSR count). The summed E-state index contributed by atoms with van der Waals surface area (Å²) < 4.78 is 32.6. The van der Waals surface area contributed by atoms with Gasteiger partial charge in [-0.25, -0.2) is 12.7 Å². The van der Waals surface area contributed by atoms with Crippen molar-refractivity contribution in [1.29, 1.82) is 0 Å². The average Bonchev–Trinajstić information content (AvgIpc) is 2.86. The third kappa shape index (κ3) is 6.41. The monoisotopic (exact) mass is 473 g/mol. The van der Waals surface area contributed by atoms with Crippen LogP contribution in [-0.2, 0) is 19.6 Å². The van der Waals surface area contributed by atoms with E-state index in [1.807, 2.05) is 31.3 Å². The van der Waals surface area contributed by atoms with Gasteiger partial charge in [0.2, 0.25) is 10.0 Å². The molecule has 2 aromatic rings. The summed E-state index contributed by atoms with van der Waals surface area (Å²) in [5, 5.41) is 3.32. The lowest BCUT2D eigenvalue weighted by Gasteiger charge is -2.39. The first-order chi connectivity index (χ1) is 15.9. The quantitative estimate of drug-likeness (QED) is 0.535. The van der Waals surface area contributed by atoms with Crippen LogP contribution in [0.3, 0.4) is 0 Å². The number of ether oxygens (including phenoxy) is 1. The third-order valence-electron chi connectivity index (χ3n) is 6.55. The average molecular weight is 474 g/mol. The van der Waals surface area contributed by atoms with Crippen molar-refractivity contribution in [3.8, 4) is 0 Å². The number of benzene rings is 2. The van der Waals surface area contributed by atoms with Crippen molar-refractivity contribution >= 4 is 16.0 Å². The van der Waals surface area contributed by atoms with Crippen molar-refractivity contribution in [3.05, 3.63) is 66.2 Å². The van der Waals surface area contributed by atoms with Gasteiger partial charge in [0, 0.05) is 26.7 Å². The molecule has 1 unspecified atom stereocenters. The minimum atomic E-state index is -3.56. The zero-order chi connectivity index (χ0) is 23.8. The number of esters is 1. The van der Waals surface area contributed by atoms with Crippen LogP contribution in [0.4, 0.5) is 0 Å². The molecule has 180 valence electrons. The highest BCUT2D eigenvalue weighted by molar-refractivity contribution is 7.89. The van der Waals surface area contributed by atoms with Gasteiger partial charge in [0.15, 0.2) is 0 Å².